The van der Waals surface area contributed by atoms with Crippen molar-refractivity contribution in [2.24, 2.45) is 0 Å². The molecule has 0 aromatic heterocycles. The van der Waals surface area contributed by atoms with Crippen molar-refractivity contribution in [1.29, 1.82) is 0 Å². The summed E-state index contributed by atoms with van der Waals surface area (Å²) in [7, 11) is 0. The molecule has 5 nitrogen and oxygen atoms in total. The van der Waals surface area contributed by atoms with E-state index in [1.54, 1.807) is 0 Å². The van der Waals surface area contributed by atoms with Crippen LogP contribution in [0.5, 0.6) is 0 Å². The molecule has 0 radical (unpaired) electrons. The van der Waals surface area contributed by atoms with Gasteiger partial charge in [0.05, 0.1) is 12.1 Å². The lowest BCUT2D eigenvalue weighted by Crippen LogP contribution is -2.18. The summed E-state index contributed by atoms with van der Waals surface area (Å²) < 4.78 is 4.95. The Labute approximate surface area is 123 Å². The van der Waals surface area contributed by atoms with Crippen LogP contribution in [0.2, 0.25) is 0 Å². The number of benzene rings is 1. The van der Waals surface area contributed by atoms with Crippen LogP contribution < -0.4 is 5.32 Å². The average molecular weight is 289 g/mol. The summed E-state index contributed by atoms with van der Waals surface area (Å²) in [6.07, 6.45) is 5.67. The molecule has 1 aromatic rings. The van der Waals surface area contributed by atoms with Crippen molar-refractivity contribution in [2.75, 3.05) is 11.9 Å². The van der Waals surface area contributed by atoms with Crippen LogP contribution in [-0.4, -0.2) is 23.8 Å². The summed E-state index contributed by atoms with van der Waals surface area (Å²) in [5, 5.41) is 11.4. The topological polar surface area (TPSA) is 75.6 Å². The van der Waals surface area contributed by atoms with Crippen molar-refractivity contribution >= 4 is 17.7 Å². The molecule has 0 unspecified atom stereocenters. The predicted molar refractivity (Wildman–Crippen MR) is 77.7 cm³/mol. The number of carbonyl (C=O) groups excluding carboxylic acids is 1. The van der Waals surface area contributed by atoms with Crippen molar-refractivity contribution in [3.05, 3.63) is 28.3 Å². The van der Waals surface area contributed by atoms with Gasteiger partial charge in [-0.2, -0.15) is 0 Å². The predicted octanol–water partition coefficient (Wildman–Crippen LogP) is 2.69. The SMILES string of the molecule is O=C(O)CCOC(=O)Nc1c2c(cc3c1CCC3)CCC2. The van der Waals surface area contributed by atoms with Crippen LogP contribution in [0.15, 0.2) is 6.07 Å². The van der Waals surface area contributed by atoms with Crippen LogP contribution in [0, 0.1) is 0 Å². The molecule has 112 valence electrons. The highest BCUT2D eigenvalue weighted by Crippen LogP contribution is 2.38. The molecule has 2 aliphatic carbocycles. The fraction of sp³-hybridized carbons (Fsp3) is 0.500. The third kappa shape index (κ3) is 2.86. The van der Waals surface area contributed by atoms with E-state index >= 15 is 0 Å². The second-order valence-corrected chi connectivity index (χ2v) is 5.64. The Hall–Kier alpha value is -2.04. The zero-order valence-electron chi connectivity index (χ0n) is 11.9. The van der Waals surface area contributed by atoms with E-state index in [2.05, 4.69) is 11.4 Å². The minimum Gasteiger partial charge on any atom is -0.481 e. The van der Waals surface area contributed by atoms with Crippen LogP contribution in [-0.2, 0) is 35.2 Å². The van der Waals surface area contributed by atoms with Gasteiger partial charge >= 0.3 is 12.1 Å². The van der Waals surface area contributed by atoms with Crippen molar-refractivity contribution < 1.29 is 19.4 Å². The number of amides is 1. The number of anilines is 1. The molecule has 1 amide bonds. The number of ether oxygens (including phenoxy) is 1. The van der Waals surface area contributed by atoms with E-state index in [-0.39, 0.29) is 13.0 Å². The first-order chi connectivity index (χ1) is 10.1. The summed E-state index contributed by atoms with van der Waals surface area (Å²) in [5.74, 6) is -0.968. The van der Waals surface area contributed by atoms with Gasteiger partial charge in [-0.1, -0.05) is 6.07 Å². The van der Waals surface area contributed by atoms with Crippen molar-refractivity contribution in [1.82, 2.24) is 0 Å². The lowest BCUT2D eigenvalue weighted by molar-refractivity contribution is -0.137. The number of carbonyl (C=O) groups is 2. The third-order valence-electron chi connectivity index (χ3n) is 4.25. The number of carboxylic acids is 1. The van der Waals surface area contributed by atoms with Gasteiger partial charge in [0.25, 0.3) is 0 Å². The van der Waals surface area contributed by atoms with Crippen LogP contribution in [0.4, 0.5) is 10.5 Å². The van der Waals surface area contributed by atoms with E-state index in [0.29, 0.717) is 0 Å². The van der Waals surface area contributed by atoms with Gasteiger partial charge in [-0.3, -0.25) is 10.1 Å². The Bertz CT molecular complexity index is 562. The molecule has 21 heavy (non-hydrogen) atoms. The summed E-state index contributed by atoms with van der Waals surface area (Å²) in [6.45, 7) is -0.0988. The van der Waals surface area contributed by atoms with Gasteiger partial charge in [0.2, 0.25) is 0 Å². The second-order valence-electron chi connectivity index (χ2n) is 5.64. The maximum absolute atomic E-state index is 11.9. The third-order valence-corrected chi connectivity index (χ3v) is 4.25. The molecule has 2 aliphatic rings. The Morgan fingerprint density at radius 2 is 1.71 bits per heavy atom. The van der Waals surface area contributed by atoms with E-state index in [1.165, 1.54) is 22.3 Å². The highest BCUT2D eigenvalue weighted by atomic mass is 16.5. The highest BCUT2D eigenvalue weighted by molar-refractivity contribution is 5.88. The number of hydrogen-bond donors (Lipinski definition) is 2. The Kier molecular flexibility index (Phi) is 3.82. The monoisotopic (exact) mass is 289 g/mol. The first kappa shape index (κ1) is 13.9. The van der Waals surface area contributed by atoms with Crippen LogP contribution in [0.3, 0.4) is 0 Å². The fourth-order valence-electron chi connectivity index (χ4n) is 3.34. The number of rotatable bonds is 4. The van der Waals surface area contributed by atoms with E-state index in [1.807, 2.05) is 0 Å². The maximum atomic E-state index is 11.9. The summed E-state index contributed by atoms with van der Waals surface area (Å²) in [5.41, 5.74) is 6.10. The molecule has 0 aliphatic heterocycles. The normalized spacial score (nSPS) is 15.4. The van der Waals surface area contributed by atoms with E-state index in [0.717, 1.165) is 44.2 Å². The maximum Gasteiger partial charge on any atom is 0.411 e. The number of hydrogen-bond acceptors (Lipinski definition) is 3. The van der Waals surface area contributed by atoms with Crippen molar-refractivity contribution in [2.45, 2.75) is 44.9 Å². The van der Waals surface area contributed by atoms with E-state index in [9.17, 15) is 9.59 Å². The smallest absolute Gasteiger partial charge is 0.411 e. The van der Waals surface area contributed by atoms with Gasteiger partial charge < -0.3 is 9.84 Å². The average Bonchev–Trinajstić information content (AvgIpc) is 3.06. The van der Waals surface area contributed by atoms with Crippen LogP contribution in [0.25, 0.3) is 0 Å². The summed E-state index contributed by atoms with van der Waals surface area (Å²) >= 11 is 0. The number of aliphatic carboxylic acids is 1. The van der Waals surface area contributed by atoms with E-state index < -0.39 is 12.1 Å². The minimum absolute atomic E-state index is 0.0988. The van der Waals surface area contributed by atoms with Crippen LogP contribution >= 0.6 is 0 Å². The molecule has 5 heteroatoms. The highest BCUT2D eigenvalue weighted by Gasteiger charge is 2.25. The molecular weight excluding hydrogens is 270 g/mol. The number of nitrogens with one attached hydrogen (secondary N) is 1. The molecule has 2 N–H and O–H groups in total. The quantitative estimate of drug-likeness (QED) is 0.893. The zero-order chi connectivity index (χ0) is 14.8. The molecule has 0 heterocycles. The van der Waals surface area contributed by atoms with Crippen LogP contribution in [0.1, 0.15) is 41.5 Å². The Morgan fingerprint density at radius 1 is 1.10 bits per heavy atom. The molecule has 0 fully saturated rings. The number of aryl methyl sites for hydroxylation is 2. The summed E-state index contributed by atoms with van der Waals surface area (Å²) in [6, 6.07) is 2.30. The molecular formula is C16H19NO4. The zero-order valence-corrected chi connectivity index (χ0v) is 11.9. The lowest BCUT2D eigenvalue weighted by Gasteiger charge is -2.15. The van der Waals surface area contributed by atoms with Gasteiger partial charge in [0, 0.05) is 0 Å². The molecule has 0 saturated heterocycles. The van der Waals surface area contributed by atoms with Crippen molar-refractivity contribution in [3.63, 3.8) is 0 Å². The molecule has 0 spiro atoms. The second kappa shape index (κ2) is 5.76. The van der Waals surface area contributed by atoms with Gasteiger partial charge in [0.1, 0.15) is 6.61 Å². The van der Waals surface area contributed by atoms with E-state index in [4.69, 9.17) is 9.84 Å². The first-order valence-electron chi connectivity index (χ1n) is 7.47. The first-order valence-corrected chi connectivity index (χ1v) is 7.47. The Balaban J connectivity index is 1.76. The minimum atomic E-state index is -0.968. The molecule has 0 atom stereocenters. The fourth-order valence-corrected chi connectivity index (χ4v) is 3.34. The molecule has 0 saturated carbocycles. The number of fused-ring (bicyclic) bond motifs is 2. The standard InChI is InChI=1S/C16H19NO4/c18-14(19)7-8-21-16(20)17-15-12-5-1-3-10(12)9-11-4-2-6-13(11)15/h9H,1-8H2,(H,17,20)(H,18,19). The number of carboxylic acid groups (broad SMARTS) is 1. The molecule has 0 bridgehead atoms. The molecule has 3 rings (SSSR count). The summed E-state index contributed by atoms with van der Waals surface area (Å²) in [4.78, 5) is 22.3. The van der Waals surface area contributed by atoms with Crippen molar-refractivity contribution in [3.8, 4) is 0 Å². The van der Waals surface area contributed by atoms with Gasteiger partial charge in [-0.05, 0) is 60.8 Å². The van der Waals surface area contributed by atoms with Gasteiger partial charge in [-0.25, -0.2) is 4.79 Å². The largest absolute Gasteiger partial charge is 0.481 e. The Morgan fingerprint density at radius 3 is 2.29 bits per heavy atom. The molecule has 1 aromatic carbocycles. The van der Waals surface area contributed by atoms with Gasteiger partial charge in [-0.15, -0.1) is 0 Å². The van der Waals surface area contributed by atoms with Gasteiger partial charge in [0.15, 0.2) is 0 Å². The lowest BCUT2D eigenvalue weighted by atomic mass is 9.99.